The molecule has 0 aromatic heterocycles. The van der Waals surface area contributed by atoms with Crippen molar-refractivity contribution in [2.24, 2.45) is 0 Å². The number of hydrogen-bond acceptors (Lipinski definition) is 3. The van der Waals surface area contributed by atoms with Gasteiger partial charge in [-0.2, -0.15) is 0 Å². The Bertz CT molecular complexity index is 699. The van der Waals surface area contributed by atoms with Crippen LogP contribution in [-0.4, -0.2) is 23.5 Å². The molecule has 1 N–H and O–H groups in total. The van der Waals surface area contributed by atoms with Crippen LogP contribution in [-0.2, 0) is 12.8 Å². The van der Waals surface area contributed by atoms with Crippen molar-refractivity contribution in [2.75, 3.05) is 4.90 Å². The van der Waals surface area contributed by atoms with Crippen molar-refractivity contribution in [1.82, 2.24) is 0 Å². The van der Waals surface area contributed by atoms with Gasteiger partial charge in [-0.15, -0.1) is 0 Å². The van der Waals surface area contributed by atoms with Crippen LogP contribution >= 0.6 is 0 Å². The number of phenolic OH excluding ortho intramolecular Hbond substituents is 1. The maximum absolute atomic E-state index is 10.9. The first-order valence-electron chi connectivity index (χ1n) is 9.06. The van der Waals surface area contributed by atoms with Crippen molar-refractivity contribution in [3.63, 3.8) is 0 Å². The van der Waals surface area contributed by atoms with E-state index in [1.807, 2.05) is 0 Å². The number of nitrogens with zero attached hydrogens (tertiary/aromatic N) is 1. The van der Waals surface area contributed by atoms with Gasteiger partial charge in [-0.05, 0) is 88.4 Å². The van der Waals surface area contributed by atoms with E-state index in [2.05, 4.69) is 56.9 Å². The maximum atomic E-state index is 10.9. The number of aldehydes is 1. The quantitative estimate of drug-likeness (QED) is 0.688. The number of benzene rings is 2. The molecule has 134 valence electrons. The van der Waals surface area contributed by atoms with Crippen LogP contribution in [0, 0.1) is 0 Å². The lowest BCUT2D eigenvalue weighted by Gasteiger charge is -2.33. The monoisotopic (exact) mass is 339 g/mol. The first-order chi connectivity index (χ1) is 11.9. The van der Waals surface area contributed by atoms with Gasteiger partial charge >= 0.3 is 0 Å². The normalized spacial score (nSPS) is 11.1. The van der Waals surface area contributed by atoms with Gasteiger partial charge in [0.15, 0.2) is 0 Å². The smallest absolute Gasteiger partial charge is 0.150 e. The predicted molar refractivity (Wildman–Crippen MR) is 105 cm³/mol. The van der Waals surface area contributed by atoms with Crippen LogP contribution in [0.2, 0.25) is 0 Å². The third-order valence-electron chi connectivity index (χ3n) is 4.47. The second-order valence-electron chi connectivity index (χ2n) is 7.12. The summed E-state index contributed by atoms with van der Waals surface area (Å²) in [6, 6.07) is 14.6. The van der Waals surface area contributed by atoms with Crippen LogP contribution in [0.4, 0.5) is 5.69 Å². The second kappa shape index (κ2) is 8.70. The molecule has 0 saturated heterocycles. The molecule has 0 aliphatic heterocycles. The van der Waals surface area contributed by atoms with Crippen molar-refractivity contribution >= 4 is 12.0 Å². The highest BCUT2D eigenvalue weighted by Gasteiger charge is 2.14. The largest absolute Gasteiger partial charge is 0.508 e. The molecule has 2 aromatic rings. The number of anilines is 1. The van der Waals surface area contributed by atoms with Crippen molar-refractivity contribution in [1.29, 1.82) is 0 Å². The van der Waals surface area contributed by atoms with Gasteiger partial charge < -0.3 is 10.0 Å². The SMILES string of the molecule is CC(C)N(c1cccc(CCCc2cc(C=O)ccc2O)c1)C(C)C. The molecular weight excluding hydrogens is 310 g/mol. The van der Waals surface area contributed by atoms with Crippen molar-refractivity contribution in [2.45, 2.75) is 59.0 Å². The van der Waals surface area contributed by atoms with Crippen LogP contribution in [0.5, 0.6) is 5.75 Å². The Kier molecular flexibility index (Phi) is 6.63. The molecule has 0 saturated carbocycles. The van der Waals surface area contributed by atoms with Gasteiger partial charge in [0.1, 0.15) is 12.0 Å². The van der Waals surface area contributed by atoms with Crippen LogP contribution in [0.25, 0.3) is 0 Å². The van der Waals surface area contributed by atoms with Crippen molar-refractivity contribution in [3.05, 3.63) is 59.2 Å². The van der Waals surface area contributed by atoms with E-state index >= 15 is 0 Å². The van der Waals surface area contributed by atoms with Gasteiger partial charge in [-0.25, -0.2) is 0 Å². The topological polar surface area (TPSA) is 40.5 Å². The molecule has 0 amide bonds. The molecule has 0 aliphatic carbocycles. The zero-order valence-electron chi connectivity index (χ0n) is 15.7. The molecular formula is C22H29NO2. The Morgan fingerprint density at radius 3 is 2.36 bits per heavy atom. The average molecular weight is 339 g/mol. The molecule has 2 rings (SSSR count). The van der Waals surface area contributed by atoms with Crippen molar-refractivity contribution in [3.8, 4) is 5.75 Å². The van der Waals surface area contributed by atoms with Crippen LogP contribution in [0.15, 0.2) is 42.5 Å². The molecule has 2 aromatic carbocycles. The Labute approximate surface area is 151 Å². The van der Waals surface area contributed by atoms with Gasteiger partial charge in [0, 0.05) is 23.3 Å². The Morgan fingerprint density at radius 2 is 1.72 bits per heavy atom. The number of rotatable bonds is 8. The molecule has 3 nitrogen and oxygen atoms in total. The van der Waals surface area contributed by atoms with Gasteiger partial charge in [-0.1, -0.05) is 12.1 Å². The van der Waals surface area contributed by atoms with E-state index in [0.29, 0.717) is 17.6 Å². The van der Waals surface area contributed by atoms with E-state index < -0.39 is 0 Å². The van der Waals surface area contributed by atoms with Gasteiger partial charge in [0.2, 0.25) is 0 Å². The lowest BCUT2D eigenvalue weighted by atomic mass is 10.0. The standard InChI is InChI=1S/C22H29NO2/c1-16(2)23(17(3)4)21-10-6-8-18(14-21)7-5-9-20-13-19(15-24)11-12-22(20)25/h6,8,10-17,25H,5,7,9H2,1-4H3. The fourth-order valence-corrected chi connectivity index (χ4v) is 3.43. The predicted octanol–water partition coefficient (Wildman–Crippen LogP) is 5.00. The molecule has 0 heterocycles. The number of carbonyl (C=O) groups is 1. The molecule has 0 radical (unpaired) electrons. The van der Waals surface area contributed by atoms with E-state index in [0.717, 1.165) is 31.1 Å². The van der Waals surface area contributed by atoms with Crippen molar-refractivity contribution < 1.29 is 9.90 Å². The van der Waals surface area contributed by atoms with Gasteiger partial charge in [0.25, 0.3) is 0 Å². The third-order valence-corrected chi connectivity index (χ3v) is 4.47. The highest BCUT2D eigenvalue weighted by Crippen LogP contribution is 2.24. The first-order valence-corrected chi connectivity index (χ1v) is 9.06. The minimum Gasteiger partial charge on any atom is -0.508 e. The average Bonchev–Trinajstić information content (AvgIpc) is 2.56. The molecule has 0 spiro atoms. The Morgan fingerprint density at radius 1 is 1.00 bits per heavy atom. The number of aryl methyl sites for hydroxylation is 2. The fourth-order valence-electron chi connectivity index (χ4n) is 3.43. The Hall–Kier alpha value is -2.29. The van der Waals surface area contributed by atoms with Crippen LogP contribution in [0.1, 0.15) is 55.6 Å². The van der Waals surface area contributed by atoms with Gasteiger partial charge in [0.05, 0.1) is 0 Å². The lowest BCUT2D eigenvalue weighted by Crippen LogP contribution is -2.36. The third kappa shape index (κ3) is 5.09. The lowest BCUT2D eigenvalue weighted by molar-refractivity contribution is 0.112. The minimum absolute atomic E-state index is 0.269. The molecule has 0 aliphatic rings. The zero-order chi connectivity index (χ0) is 18.4. The minimum atomic E-state index is 0.269. The van der Waals surface area contributed by atoms with E-state index in [4.69, 9.17) is 0 Å². The summed E-state index contributed by atoms with van der Waals surface area (Å²) in [4.78, 5) is 13.3. The summed E-state index contributed by atoms with van der Waals surface area (Å²) in [5.74, 6) is 0.269. The number of hydrogen-bond donors (Lipinski definition) is 1. The van der Waals surface area contributed by atoms with E-state index in [-0.39, 0.29) is 5.75 Å². The van der Waals surface area contributed by atoms with Gasteiger partial charge in [-0.3, -0.25) is 4.79 Å². The van der Waals surface area contributed by atoms with Crippen LogP contribution in [0.3, 0.4) is 0 Å². The maximum Gasteiger partial charge on any atom is 0.150 e. The Balaban J connectivity index is 2.04. The summed E-state index contributed by atoms with van der Waals surface area (Å²) in [5, 5.41) is 9.94. The molecule has 0 fully saturated rings. The summed E-state index contributed by atoms with van der Waals surface area (Å²) in [6.45, 7) is 8.87. The molecule has 0 unspecified atom stereocenters. The number of carbonyl (C=O) groups excluding carboxylic acids is 1. The molecule has 0 atom stereocenters. The second-order valence-corrected chi connectivity index (χ2v) is 7.12. The number of phenols is 1. The highest BCUT2D eigenvalue weighted by molar-refractivity contribution is 5.75. The van der Waals surface area contributed by atoms with E-state index in [1.165, 1.54) is 11.3 Å². The molecule has 0 bridgehead atoms. The molecule has 25 heavy (non-hydrogen) atoms. The fraction of sp³-hybridized carbons (Fsp3) is 0.409. The summed E-state index contributed by atoms with van der Waals surface area (Å²) in [7, 11) is 0. The van der Waals surface area contributed by atoms with E-state index in [1.54, 1.807) is 18.2 Å². The summed E-state index contributed by atoms with van der Waals surface area (Å²) < 4.78 is 0. The first kappa shape index (κ1) is 19.0. The summed E-state index contributed by atoms with van der Waals surface area (Å²) in [5.41, 5.74) is 4.01. The highest BCUT2D eigenvalue weighted by atomic mass is 16.3. The summed E-state index contributed by atoms with van der Waals surface area (Å²) in [6.07, 6.45) is 3.46. The zero-order valence-corrected chi connectivity index (χ0v) is 15.7. The summed E-state index contributed by atoms with van der Waals surface area (Å²) >= 11 is 0. The molecule has 3 heteroatoms. The van der Waals surface area contributed by atoms with E-state index in [9.17, 15) is 9.90 Å². The number of aromatic hydroxyl groups is 1. The van der Waals surface area contributed by atoms with Crippen LogP contribution < -0.4 is 4.90 Å².